The van der Waals surface area contributed by atoms with Crippen LogP contribution in [-0.4, -0.2) is 64.3 Å². The van der Waals surface area contributed by atoms with Crippen molar-refractivity contribution >= 4 is 5.91 Å². The molecular weight excluding hydrogens is 212 g/mol. The van der Waals surface area contributed by atoms with Gasteiger partial charge in [0.05, 0.1) is 19.4 Å². The van der Waals surface area contributed by atoms with Crippen molar-refractivity contribution in [2.24, 2.45) is 0 Å². The van der Waals surface area contributed by atoms with Crippen molar-refractivity contribution < 1.29 is 14.6 Å². The highest BCUT2D eigenvalue weighted by Gasteiger charge is 2.13. The van der Waals surface area contributed by atoms with Gasteiger partial charge in [-0.3, -0.25) is 4.79 Å². The van der Waals surface area contributed by atoms with Gasteiger partial charge in [-0.1, -0.05) is 5.21 Å². The number of carbonyl (C=O) groups excluding carboxylic acids is 1. The van der Waals surface area contributed by atoms with Crippen LogP contribution < -0.4 is 0 Å². The summed E-state index contributed by atoms with van der Waals surface area (Å²) in [5, 5.41) is 16.2. The number of carbonyl (C=O) groups is 1. The van der Waals surface area contributed by atoms with Crippen molar-refractivity contribution in [3.05, 3.63) is 12.4 Å². The minimum Gasteiger partial charge on any atom is -0.395 e. The van der Waals surface area contributed by atoms with Gasteiger partial charge in [0.2, 0.25) is 5.91 Å². The molecule has 0 saturated heterocycles. The van der Waals surface area contributed by atoms with Crippen LogP contribution in [0.25, 0.3) is 0 Å². The SMILES string of the molecule is COCCN(CCO)C(=O)Cn1ccnn1. The number of amides is 1. The Kier molecular flexibility index (Phi) is 5.44. The summed E-state index contributed by atoms with van der Waals surface area (Å²) in [6, 6.07) is 0. The van der Waals surface area contributed by atoms with E-state index in [0.29, 0.717) is 19.7 Å². The molecular formula is C9H16N4O3. The highest BCUT2D eigenvalue weighted by molar-refractivity contribution is 5.75. The normalized spacial score (nSPS) is 10.4. The number of rotatable bonds is 7. The molecule has 0 fully saturated rings. The Morgan fingerprint density at radius 2 is 2.38 bits per heavy atom. The number of aliphatic hydroxyl groups excluding tert-OH is 1. The Balaban J connectivity index is 2.46. The first-order valence-corrected chi connectivity index (χ1v) is 4.99. The van der Waals surface area contributed by atoms with Crippen LogP contribution in [0.2, 0.25) is 0 Å². The van der Waals surface area contributed by atoms with E-state index in [1.165, 1.54) is 15.8 Å². The van der Waals surface area contributed by atoms with Gasteiger partial charge in [0.25, 0.3) is 0 Å². The molecule has 1 N–H and O–H groups in total. The van der Waals surface area contributed by atoms with Crippen LogP contribution in [0.15, 0.2) is 12.4 Å². The molecule has 1 aromatic heterocycles. The maximum absolute atomic E-state index is 11.8. The molecule has 1 rings (SSSR count). The van der Waals surface area contributed by atoms with E-state index in [4.69, 9.17) is 9.84 Å². The Labute approximate surface area is 93.6 Å². The molecule has 1 heterocycles. The monoisotopic (exact) mass is 228 g/mol. The number of hydrogen-bond donors (Lipinski definition) is 1. The lowest BCUT2D eigenvalue weighted by Crippen LogP contribution is -2.38. The highest BCUT2D eigenvalue weighted by atomic mass is 16.5. The maximum atomic E-state index is 11.8. The predicted molar refractivity (Wildman–Crippen MR) is 55.6 cm³/mol. The molecule has 0 aliphatic carbocycles. The lowest BCUT2D eigenvalue weighted by molar-refractivity contribution is -0.133. The first-order chi connectivity index (χ1) is 7.77. The van der Waals surface area contributed by atoms with Crippen LogP contribution in [0.4, 0.5) is 0 Å². The molecule has 0 spiro atoms. The summed E-state index contributed by atoms with van der Waals surface area (Å²) in [7, 11) is 1.57. The average Bonchev–Trinajstić information content (AvgIpc) is 2.76. The Morgan fingerprint density at radius 3 is 2.94 bits per heavy atom. The van der Waals surface area contributed by atoms with Crippen LogP contribution in [-0.2, 0) is 16.1 Å². The lowest BCUT2D eigenvalue weighted by atomic mass is 10.4. The molecule has 0 bridgehead atoms. The third kappa shape index (κ3) is 3.95. The zero-order chi connectivity index (χ0) is 11.8. The predicted octanol–water partition coefficient (Wildman–Crippen LogP) is -1.25. The van der Waals surface area contributed by atoms with Gasteiger partial charge in [-0.2, -0.15) is 0 Å². The van der Waals surface area contributed by atoms with Crippen molar-refractivity contribution in [2.75, 3.05) is 33.4 Å². The summed E-state index contributed by atoms with van der Waals surface area (Å²) in [4.78, 5) is 13.3. The van der Waals surface area contributed by atoms with Crippen molar-refractivity contribution in [1.29, 1.82) is 0 Å². The minimum atomic E-state index is -0.114. The number of methoxy groups -OCH3 is 1. The molecule has 7 nitrogen and oxygen atoms in total. The fourth-order valence-corrected chi connectivity index (χ4v) is 1.24. The molecule has 7 heteroatoms. The summed E-state index contributed by atoms with van der Waals surface area (Å²) in [6.07, 6.45) is 3.13. The zero-order valence-electron chi connectivity index (χ0n) is 9.24. The van der Waals surface area contributed by atoms with E-state index < -0.39 is 0 Å². The molecule has 1 aromatic rings. The lowest BCUT2D eigenvalue weighted by Gasteiger charge is -2.21. The molecule has 0 atom stereocenters. The molecule has 0 saturated carbocycles. The standard InChI is InChI=1S/C9H16N4O3/c1-16-7-5-12(4-6-14)9(15)8-13-3-2-10-11-13/h2-3,14H,4-8H2,1H3. The molecule has 0 aliphatic rings. The highest BCUT2D eigenvalue weighted by Crippen LogP contribution is 1.93. The fourth-order valence-electron chi connectivity index (χ4n) is 1.24. The van der Waals surface area contributed by atoms with E-state index in [0.717, 1.165) is 0 Å². The summed E-state index contributed by atoms with van der Waals surface area (Å²) in [5.74, 6) is -0.114. The first kappa shape index (κ1) is 12.6. The average molecular weight is 228 g/mol. The van der Waals surface area contributed by atoms with Crippen molar-refractivity contribution in [3.63, 3.8) is 0 Å². The first-order valence-electron chi connectivity index (χ1n) is 4.99. The van der Waals surface area contributed by atoms with Crippen molar-refractivity contribution in [2.45, 2.75) is 6.54 Å². The van der Waals surface area contributed by atoms with E-state index in [9.17, 15) is 4.79 Å². The molecule has 16 heavy (non-hydrogen) atoms. The van der Waals surface area contributed by atoms with Gasteiger partial charge in [-0.25, -0.2) is 4.68 Å². The smallest absolute Gasteiger partial charge is 0.244 e. The van der Waals surface area contributed by atoms with Gasteiger partial charge >= 0.3 is 0 Å². The zero-order valence-corrected chi connectivity index (χ0v) is 9.24. The summed E-state index contributed by atoms with van der Waals surface area (Å²) >= 11 is 0. The van der Waals surface area contributed by atoms with Crippen LogP contribution >= 0.6 is 0 Å². The minimum absolute atomic E-state index is 0.0627. The van der Waals surface area contributed by atoms with E-state index in [-0.39, 0.29) is 19.1 Å². The molecule has 90 valence electrons. The Morgan fingerprint density at radius 1 is 1.56 bits per heavy atom. The summed E-state index contributed by atoms with van der Waals surface area (Å²) in [5.41, 5.74) is 0. The van der Waals surface area contributed by atoms with E-state index >= 15 is 0 Å². The maximum Gasteiger partial charge on any atom is 0.244 e. The van der Waals surface area contributed by atoms with Gasteiger partial charge in [-0.15, -0.1) is 5.10 Å². The van der Waals surface area contributed by atoms with Gasteiger partial charge in [-0.05, 0) is 0 Å². The van der Waals surface area contributed by atoms with E-state index in [2.05, 4.69) is 10.3 Å². The fraction of sp³-hybridized carbons (Fsp3) is 0.667. The quantitative estimate of drug-likeness (QED) is 0.630. The van der Waals surface area contributed by atoms with Gasteiger partial charge in [0.1, 0.15) is 6.54 Å². The molecule has 0 aromatic carbocycles. The summed E-state index contributed by atoms with van der Waals surface area (Å²) in [6.45, 7) is 1.28. The van der Waals surface area contributed by atoms with E-state index in [1.807, 2.05) is 0 Å². The van der Waals surface area contributed by atoms with Crippen molar-refractivity contribution in [3.8, 4) is 0 Å². The molecule has 0 unspecified atom stereocenters. The second-order valence-electron chi connectivity index (χ2n) is 3.20. The number of aromatic nitrogens is 3. The number of aliphatic hydroxyl groups is 1. The Bertz CT molecular complexity index is 302. The second-order valence-corrected chi connectivity index (χ2v) is 3.20. The van der Waals surface area contributed by atoms with Gasteiger partial charge in [0, 0.05) is 26.4 Å². The number of hydrogen-bond acceptors (Lipinski definition) is 5. The van der Waals surface area contributed by atoms with Crippen LogP contribution in [0, 0.1) is 0 Å². The number of nitrogens with zero attached hydrogens (tertiary/aromatic N) is 4. The van der Waals surface area contributed by atoms with Crippen LogP contribution in [0.5, 0.6) is 0 Å². The summed E-state index contributed by atoms with van der Waals surface area (Å²) < 4.78 is 6.34. The van der Waals surface area contributed by atoms with Crippen molar-refractivity contribution in [1.82, 2.24) is 19.9 Å². The molecule has 0 radical (unpaired) electrons. The third-order valence-corrected chi connectivity index (χ3v) is 2.06. The van der Waals surface area contributed by atoms with Gasteiger partial charge in [0.15, 0.2) is 0 Å². The topological polar surface area (TPSA) is 80.5 Å². The largest absolute Gasteiger partial charge is 0.395 e. The Hall–Kier alpha value is -1.47. The van der Waals surface area contributed by atoms with Crippen LogP contribution in [0.1, 0.15) is 0 Å². The van der Waals surface area contributed by atoms with Gasteiger partial charge < -0.3 is 14.7 Å². The molecule has 0 aliphatic heterocycles. The second kappa shape index (κ2) is 6.91. The van der Waals surface area contributed by atoms with Crippen LogP contribution in [0.3, 0.4) is 0 Å². The number of ether oxygens (including phenoxy) is 1. The third-order valence-electron chi connectivity index (χ3n) is 2.06. The molecule has 1 amide bonds. The van der Waals surface area contributed by atoms with E-state index in [1.54, 1.807) is 13.3 Å².